The third-order valence-corrected chi connectivity index (χ3v) is 5.82. The summed E-state index contributed by atoms with van der Waals surface area (Å²) in [7, 11) is 0. The molecular formula is C24H24F2N2O3S. The summed E-state index contributed by atoms with van der Waals surface area (Å²) in [5.74, 6) is -1.22. The number of halogens is 2. The van der Waals surface area contributed by atoms with E-state index in [2.05, 4.69) is 0 Å². The second kappa shape index (κ2) is 10.5. The Bertz CT molecular complexity index is 1100. The molecule has 0 aliphatic carbocycles. The van der Waals surface area contributed by atoms with E-state index < -0.39 is 17.1 Å². The SMILES string of the molecule is CCN(CC)C(=O)c1cc(F)cc(CN(c2ccc(-c3ccc(F)cc3)cc2)S(=O)O)c1. The Kier molecular flexibility index (Phi) is 7.71. The lowest BCUT2D eigenvalue weighted by Gasteiger charge is -2.22. The van der Waals surface area contributed by atoms with E-state index in [4.69, 9.17) is 0 Å². The van der Waals surface area contributed by atoms with Crippen molar-refractivity contribution in [1.29, 1.82) is 0 Å². The highest BCUT2D eigenvalue weighted by Crippen LogP contribution is 2.26. The van der Waals surface area contributed by atoms with Gasteiger partial charge in [-0.3, -0.25) is 13.7 Å². The van der Waals surface area contributed by atoms with Crippen molar-refractivity contribution in [3.05, 3.63) is 89.5 Å². The molecule has 3 aromatic rings. The average molecular weight is 459 g/mol. The van der Waals surface area contributed by atoms with Gasteiger partial charge >= 0.3 is 0 Å². The fourth-order valence-corrected chi connectivity index (χ4v) is 3.99. The van der Waals surface area contributed by atoms with Crippen LogP contribution in [0, 0.1) is 11.6 Å². The molecule has 3 aromatic carbocycles. The van der Waals surface area contributed by atoms with Crippen molar-refractivity contribution in [3.8, 4) is 11.1 Å². The predicted octanol–water partition coefficient (Wildman–Crippen LogP) is 5.26. The summed E-state index contributed by atoms with van der Waals surface area (Å²) >= 11 is -2.38. The number of anilines is 1. The van der Waals surface area contributed by atoms with Crippen LogP contribution in [0.15, 0.2) is 66.7 Å². The van der Waals surface area contributed by atoms with Crippen molar-refractivity contribution >= 4 is 22.9 Å². The molecule has 0 radical (unpaired) electrons. The van der Waals surface area contributed by atoms with Gasteiger partial charge in [0.2, 0.25) is 0 Å². The number of amides is 1. The van der Waals surface area contributed by atoms with Crippen LogP contribution in [0.4, 0.5) is 14.5 Å². The van der Waals surface area contributed by atoms with Gasteiger partial charge in [0.1, 0.15) is 11.6 Å². The van der Waals surface area contributed by atoms with E-state index in [1.165, 1.54) is 34.6 Å². The fraction of sp³-hybridized carbons (Fsp3) is 0.208. The van der Waals surface area contributed by atoms with E-state index in [9.17, 15) is 22.3 Å². The molecule has 0 aliphatic heterocycles. The van der Waals surface area contributed by atoms with Gasteiger partial charge in [-0.05, 0) is 73.0 Å². The average Bonchev–Trinajstić information content (AvgIpc) is 2.78. The van der Waals surface area contributed by atoms with Gasteiger partial charge in [-0.1, -0.05) is 24.3 Å². The molecule has 0 heterocycles. The van der Waals surface area contributed by atoms with Gasteiger partial charge in [-0.15, -0.1) is 0 Å². The van der Waals surface area contributed by atoms with E-state index in [0.717, 1.165) is 11.1 Å². The van der Waals surface area contributed by atoms with Crippen LogP contribution < -0.4 is 4.31 Å². The zero-order chi connectivity index (χ0) is 23.3. The van der Waals surface area contributed by atoms with Crippen LogP contribution in [-0.2, 0) is 17.8 Å². The Hall–Kier alpha value is -3.10. The van der Waals surface area contributed by atoms with Crippen LogP contribution in [0.5, 0.6) is 0 Å². The molecule has 0 saturated carbocycles. The number of carbonyl (C=O) groups is 1. The summed E-state index contributed by atoms with van der Waals surface area (Å²) in [6.45, 7) is 4.60. The molecule has 0 aliphatic rings. The Morgan fingerprint density at radius 3 is 1.97 bits per heavy atom. The topological polar surface area (TPSA) is 60.9 Å². The Labute approximate surface area is 188 Å². The number of hydrogen-bond donors (Lipinski definition) is 1. The first kappa shape index (κ1) is 23.6. The molecule has 0 aromatic heterocycles. The standard InChI is InChI=1S/C24H24F2N2O3S/c1-3-27(4-2)24(29)20-13-17(14-22(26)15-20)16-28(32(30)31)23-11-7-19(8-12-23)18-5-9-21(25)10-6-18/h5-15H,3-4,16H2,1-2H3,(H,30,31). The smallest absolute Gasteiger partial charge is 0.262 e. The quantitative estimate of drug-likeness (QED) is 0.469. The largest absolute Gasteiger partial charge is 0.339 e. The van der Waals surface area contributed by atoms with Crippen LogP contribution in [0.1, 0.15) is 29.8 Å². The van der Waals surface area contributed by atoms with E-state index >= 15 is 0 Å². The van der Waals surface area contributed by atoms with Gasteiger partial charge in [-0.25, -0.2) is 13.0 Å². The van der Waals surface area contributed by atoms with Gasteiger partial charge in [0.25, 0.3) is 17.2 Å². The lowest BCUT2D eigenvalue weighted by Crippen LogP contribution is -2.31. The molecule has 1 amide bonds. The summed E-state index contributed by atoms with van der Waals surface area (Å²) in [5.41, 5.74) is 2.65. The molecule has 1 N–H and O–H groups in total. The first-order valence-electron chi connectivity index (χ1n) is 10.2. The summed E-state index contributed by atoms with van der Waals surface area (Å²) in [4.78, 5) is 14.2. The highest BCUT2D eigenvalue weighted by Gasteiger charge is 2.18. The molecule has 3 rings (SSSR count). The number of nitrogens with zero attached hydrogens (tertiary/aromatic N) is 2. The molecule has 0 saturated heterocycles. The Balaban J connectivity index is 1.86. The maximum atomic E-state index is 14.2. The third-order valence-electron chi connectivity index (χ3n) is 5.10. The van der Waals surface area contributed by atoms with Crippen LogP contribution in [0.3, 0.4) is 0 Å². The molecule has 0 spiro atoms. The number of hydrogen-bond acceptors (Lipinski definition) is 2. The minimum atomic E-state index is -2.38. The van der Waals surface area contributed by atoms with Crippen LogP contribution >= 0.6 is 0 Å². The Morgan fingerprint density at radius 1 is 0.875 bits per heavy atom. The lowest BCUT2D eigenvalue weighted by molar-refractivity contribution is 0.0772. The maximum absolute atomic E-state index is 14.2. The highest BCUT2D eigenvalue weighted by atomic mass is 32.2. The van der Waals surface area contributed by atoms with Crippen molar-refractivity contribution in [2.75, 3.05) is 17.4 Å². The van der Waals surface area contributed by atoms with Crippen LogP contribution in [0.25, 0.3) is 11.1 Å². The van der Waals surface area contributed by atoms with Crippen molar-refractivity contribution in [2.45, 2.75) is 20.4 Å². The first-order valence-corrected chi connectivity index (χ1v) is 11.2. The van der Waals surface area contributed by atoms with E-state index in [1.807, 2.05) is 13.8 Å². The van der Waals surface area contributed by atoms with E-state index in [0.29, 0.717) is 24.3 Å². The zero-order valence-electron chi connectivity index (χ0n) is 17.8. The van der Waals surface area contributed by atoms with Crippen LogP contribution in [-0.4, -0.2) is 32.7 Å². The second-order valence-electron chi connectivity index (χ2n) is 7.15. The van der Waals surface area contributed by atoms with Crippen molar-refractivity contribution in [3.63, 3.8) is 0 Å². The van der Waals surface area contributed by atoms with Crippen molar-refractivity contribution in [2.24, 2.45) is 0 Å². The lowest BCUT2D eigenvalue weighted by atomic mass is 10.1. The molecule has 0 bridgehead atoms. The van der Waals surface area contributed by atoms with Crippen molar-refractivity contribution in [1.82, 2.24) is 4.90 Å². The Morgan fingerprint density at radius 2 is 1.44 bits per heavy atom. The number of carbonyl (C=O) groups excluding carboxylic acids is 1. The molecule has 1 atom stereocenters. The van der Waals surface area contributed by atoms with E-state index in [1.54, 1.807) is 41.3 Å². The maximum Gasteiger partial charge on any atom is 0.262 e. The summed E-state index contributed by atoms with van der Waals surface area (Å²) in [5, 5.41) is 0. The normalized spacial score (nSPS) is 11.8. The minimum absolute atomic E-state index is 0.0741. The van der Waals surface area contributed by atoms with Crippen LogP contribution in [0.2, 0.25) is 0 Å². The summed E-state index contributed by atoms with van der Waals surface area (Å²) in [6, 6.07) is 16.8. The van der Waals surface area contributed by atoms with Gasteiger partial charge < -0.3 is 4.90 Å². The monoisotopic (exact) mass is 458 g/mol. The molecule has 8 heteroatoms. The van der Waals surface area contributed by atoms with E-state index in [-0.39, 0.29) is 23.8 Å². The minimum Gasteiger partial charge on any atom is -0.339 e. The molecule has 32 heavy (non-hydrogen) atoms. The molecule has 168 valence electrons. The zero-order valence-corrected chi connectivity index (χ0v) is 18.6. The molecule has 5 nitrogen and oxygen atoms in total. The van der Waals surface area contributed by atoms with Gasteiger partial charge in [-0.2, -0.15) is 0 Å². The highest BCUT2D eigenvalue weighted by molar-refractivity contribution is 7.80. The number of benzene rings is 3. The fourth-order valence-electron chi connectivity index (χ4n) is 3.42. The predicted molar refractivity (Wildman–Crippen MR) is 122 cm³/mol. The van der Waals surface area contributed by atoms with Gasteiger partial charge in [0.15, 0.2) is 0 Å². The molecular weight excluding hydrogens is 434 g/mol. The van der Waals surface area contributed by atoms with Crippen molar-refractivity contribution < 1.29 is 22.3 Å². The molecule has 1 unspecified atom stereocenters. The summed E-state index contributed by atoms with van der Waals surface area (Å²) in [6.07, 6.45) is 0. The second-order valence-corrected chi connectivity index (χ2v) is 8.05. The van der Waals surface area contributed by atoms with Gasteiger partial charge in [0.05, 0.1) is 12.2 Å². The molecule has 0 fully saturated rings. The number of rotatable bonds is 8. The van der Waals surface area contributed by atoms with Gasteiger partial charge in [0, 0.05) is 18.7 Å². The third kappa shape index (κ3) is 5.57. The first-order chi connectivity index (χ1) is 15.3. The summed E-state index contributed by atoms with van der Waals surface area (Å²) < 4.78 is 50.4.